The van der Waals surface area contributed by atoms with E-state index in [9.17, 15) is 0 Å². The zero-order valence-electron chi connectivity index (χ0n) is 8.62. The van der Waals surface area contributed by atoms with Gasteiger partial charge in [0.05, 0.1) is 11.2 Å². The van der Waals surface area contributed by atoms with E-state index in [1.165, 1.54) is 5.56 Å². The molecule has 0 aliphatic rings. The van der Waals surface area contributed by atoms with Gasteiger partial charge in [0, 0.05) is 19.2 Å². The van der Waals surface area contributed by atoms with E-state index < -0.39 is 0 Å². The fraction of sp³-hybridized carbons (Fsp3) is 0.364. The summed E-state index contributed by atoms with van der Waals surface area (Å²) in [6, 6.07) is 4.18. The normalized spacial score (nSPS) is 11.1. The van der Waals surface area contributed by atoms with E-state index in [0.29, 0.717) is 6.54 Å². The molecule has 2 aromatic rings. The number of nitrogens with zero attached hydrogens (tertiary/aromatic N) is 2. The second kappa shape index (κ2) is 3.42. The molecule has 14 heavy (non-hydrogen) atoms. The molecule has 0 radical (unpaired) electrons. The minimum absolute atomic E-state index is 0.507. The van der Waals surface area contributed by atoms with E-state index in [4.69, 9.17) is 5.73 Å². The summed E-state index contributed by atoms with van der Waals surface area (Å²) >= 11 is 0. The molecule has 3 nitrogen and oxygen atoms in total. The number of nitrogens with two attached hydrogens (primary N) is 1. The number of pyridine rings is 1. The molecular weight excluding hydrogens is 174 g/mol. The maximum absolute atomic E-state index is 5.65. The summed E-state index contributed by atoms with van der Waals surface area (Å²) < 4.78 is 2.14. The average Bonchev–Trinajstić information content (AvgIpc) is 2.55. The lowest BCUT2D eigenvalue weighted by molar-refractivity contribution is 0.912. The molecule has 0 saturated heterocycles. The lowest BCUT2D eigenvalue weighted by Crippen LogP contribution is -1.97. The zero-order chi connectivity index (χ0) is 10.1. The predicted molar refractivity (Wildman–Crippen MR) is 57.2 cm³/mol. The second-order valence-electron chi connectivity index (χ2n) is 3.49. The van der Waals surface area contributed by atoms with Crippen molar-refractivity contribution in [2.24, 2.45) is 5.73 Å². The van der Waals surface area contributed by atoms with Crippen LogP contribution in [0.15, 0.2) is 18.3 Å². The molecule has 2 N–H and O–H groups in total. The molecule has 2 heterocycles. The van der Waals surface area contributed by atoms with Gasteiger partial charge in [-0.25, -0.2) is 4.98 Å². The number of hydrogen-bond acceptors (Lipinski definition) is 2. The Morgan fingerprint density at radius 2 is 2.21 bits per heavy atom. The van der Waals surface area contributed by atoms with E-state index >= 15 is 0 Å². The SMILES string of the molecule is CCc1nc(CN)c2ccc(C)cn12. The summed E-state index contributed by atoms with van der Waals surface area (Å²) in [5.41, 5.74) is 9.01. The molecule has 0 atom stereocenters. The Morgan fingerprint density at radius 3 is 2.86 bits per heavy atom. The molecule has 0 bridgehead atoms. The lowest BCUT2D eigenvalue weighted by atomic mass is 10.2. The Morgan fingerprint density at radius 1 is 1.43 bits per heavy atom. The molecule has 3 heteroatoms. The number of rotatable bonds is 2. The van der Waals surface area contributed by atoms with Crippen molar-refractivity contribution >= 4 is 5.52 Å². The van der Waals surface area contributed by atoms with Gasteiger partial charge < -0.3 is 10.1 Å². The van der Waals surface area contributed by atoms with Crippen LogP contribution in [0.1, 0.15) is 24.0 Å². The van der Waals surface area contributed by atoms with Crippen LogP contribution in [0.4, 0.5) is 0 Å². The highest BCUT2D eigenvalue weighted by molar-refractivity contribution is 5.54. The molecule has 74 valence electrons. The van der Waals surface area contributed by atoms with E-state index in [1.54, 1.807) is 0 Å². The third kappa shape index (κ3) is 1.30. The largest absolute Gasteiger partial charge is 0.325 e. The number of aryl methyl sites for hydroxylation is 2. The number of fused-ring (bicyclic) bond motifs is 1. The number of imidazole rings is 1. The molecular formula is C11H15N3. The van der Waals surface area contributed by atoms with Gasteiger partial charge in [0.1, 0.15) is 5.82 Å². The minimum atomic E-state index is 0.507. The highest BCUT2D eigenvalue weighted by Crippen LogP contribution is 2.14. The topological polar surface area (TPSA) is 43.3 Å². The average molecular weight is 189 g/mol. The van der Waals surface area contributed by atoms with Gasteiger partial charge >= 0.3 is 0 Å². The molecule has 0 unspecified atom stereocenters. The van der Waals surface area contributed by atoms with Crippen LogP contribution in [0.25, 0.3) is 5.52 Å². The molecule has 0 aliphatic carbocycles. The van der Waals surface area contributed by atoms with Crippen LogP contribution in [-0.4, -0.2) is 9.38 Å². The third-order valence-corrected chi connectivity index (χ3v) is 2.44. The van der Waals surface area contributed by atoms with Crippen molar-refractivity contribution in [2.45, 2.75) is 26.8 Å². The van der Waals surface area contributed by atoms with Crippen LogP contribution >= 0.6 is 0 Å². The van der Waals surface area contributed by atoms with E-state index in [1.807, 2.05) is 0 Å². The minimum Gasteiger partial charge on any atom is -0.325 e. The standard InChI is InChI=1S/C11H15N3/c1-3-11-13-9(6-12)10-5-4-8(2)7-14(10)11/h4-5,7H,3,6,12H2,1-2H3. The van der Waals surface area contributed by atoms with Crippen LogP contribution in [0, 0.1) is 6.92 Å². The van der Waals surface area contributed by atoms with Crippen LogP contribution in [0.5, 0.6) is 0 Å². The van der Waals surface area contributed by atoms with E-state index in [0.717, 1.165) is 23.5 Å². The van der Waals surface area contributed by atoms with Crippen LogP contribution in [0.3, 0.4) is 0 Å². The van der Waals surface area contributed by atoms with Gasteiger partial charge in [-0.05, 0) is 18.6 Å². The molecule has 0 spiro atoms. The van der Waals surface area contributed by atoms with Gasteiger partial charge in [-0.15, -0.1) is 0 Å². The first kappa shape index (κ1) is 9.21. The fourth-order valence-electron chi connectivity index (χ4n) is 1.72. The van der Waals surface area contributed by atoms with Crippen molar-refractivity contribution in [1.82, 2.24) is 9.38 Å². The maximum atomic E-state index is 5.65. The van der Waals surface area contributed by atoms with Crippen molar-refractivity contribution in [3.8, 4) is 0 Å². The molecule has 0 amide bonds. The van der Waals surface area contributed by atoms with E-state index in [-0.39, 0.29) is 0 Å². The first-order valence-electron chi connectivity index (χ1n) is 4.92. The Kier molecular flexibility index (Phi) is 2.25. The first-order valence-corrected chi connectivity index (χ1v) is 4.92. The maximum Gasteiger partial charge on any atom is 0.113 e. The molecule has 0 fully saturated rings. The van der Waals surface area contributed by atoms with E-state index in [2.05, 4.69) is 41.6 Å². The molecule has 0 saturated carbocycles. The van der Waals surface area contributed by atoms with Crippen LogP contribution < -0.4 is 5.73 Å². The number of hydrogen-bond donors (Lipinski definition) is 1. The Hall–Kier alpha value is -1.35. The van der Waals surface area contributed by atoms with Crippen molar-refractivity contribution in [3.63, 3.8) is 0 Å². The fourth-order valence-corrected chi connectivity index (χ4v) is 1.72. The Labute approximate surface area is 83.6 Å². The summed E-state index contributed by atoms with van der Waals surface area (Å²) in [5.74, 6) is 1.09. The summed E-state index contributed by atoms with van der Waals surface area (Å²) in [4.78, 5) is 4.51. The summed E-state index contributed by atoms with van der Waals surface area (Å²) in [6.07, 6.45) is 3.05. The molecule has 0 aromatic carbocycles. The lowest BCUT2D eigenvalue weighted by Gasteiger charge is -1.99. The first-order chi connectivity index (χ1) is 6.76. The third-order valence-electron chi connectivity index (χ3n) is 2.44. The second-order valence-corrected chi connectivity index (χ2v) is 3.49. The quantitative estimate of drug-likeness (QED) is 0.780. The monoisotopic (exact) mass is 189 g/mol. The van der Waals surface area contributed by atoms with Crippen molar-refractivity contribution in [1.29, 1.82) is 0 Å². The van der Waals surface area contributed by atoms with Crippen molar-refractivity contribution in [3.05, 3.63) is 35.4 Å². The van der Waals surface area contributed by atoms with Crippen LogP contribution in [-0.2, 0) is 13.0 Å². The van der Waals surface area contributed by atoms with Gasteiger partial charge in [0.2, 0.25) is 0 Å². The van der Waals surface area contributed by atoms with Gasteiger partial charge in [-0.1, -0.05) is 13.0 Å². The van der Waals surface area contributed by atoms with Gasteiger partial charge in [0.25, 0.3) is 0 Å². The Balaban J connectivity index is 2.75. The molecule has 2 rings (SSSR count). The van der Waals surface area contributed by atoms with Gasteiger partial charge in [-0.2, -0.15) is 0 Å². The highest BCUT2D eigenvalue weighted by Gasteiger charge is 2.07. The van der Waals surface area contributed by atoms with Crippen molar-refractivity contribution < 1.29 is 0 Å². The summed E-state index contributed by atoms with van der Waals surface area (Å²) in [7, 11) is 0. The summed E-state index contributed by atoms with van der Waals surface area (Å²) in [6.45, 7) is 4.70. The van der Waals surface area contributed by atoms with Gasteiger partial charge in [0.15, 0.2) is 0 Å². The predicted octanol–water partition coefficient (Wildman–Crippen LogP) is 1.66. The molecule has 2 aromatic heterocycles. The van der Waals surface area contributed by atoms with Crippen LogP contribution in [0.2, 0.25) is 0 Å². The molecule has 0 aliphatic heterocycles. The number of aromatic nitrogens is 2. The van der Waals surface area contributed by atoms with Gasteiger partial charge in [-0.3, -0.25) is 0 Å². The van der Waals surface area contributed by atoms with Crippen molar-refractivity contribution in [2.75, 3.05) is 0 Å². The smallest absolute Gasteiger partial charge is 0.113 e. The zero-order valence-corrected chi connectivity index (χ0v) is 8.62. The highest BCUT2D eigenvalue weighted by atomic mass is 15.0. The summed E-state index contributed by atoms with van der Waals surface area (Å²) in [5, 5.41) is 0. The Bertz CT molecular complexity index is 457.